The highest BCUT2D eigenvalue weighted by atomic mass is 16.5. The highest BCUT2D eigenvalue weighted by Crippen LogP contribution is 2.25. The second kappa shape index (κ2) is 8.63. The van der Waals surface area contributed by atoms with Gasteiger partial charge < -0.3 is 19.7 Å². The van der Waals surface area contributed by atoms with Gasteiger partial charge in [0.15, 0.2) is 0 Å². The monoisotopic (exact) mass is 306 g/mol. The summed E-state index contributed by atoms with van der Waals surface area (Å²) in [7, 11) is 3.44. The number of anilines is 1. The summed E-state index contributed by atoms with van der Waals surface area (Å²) < 4.78 is 10.9. The van der Waals surface area contributed by atoms with E-state index >= 15 is 0 Å². The minimum absolute atomic E-state index is 0.111. The van der Waals surface area contributed by atoms with E-state index in [-0.39, 0.29) is 6.03 Å². The molecule has 5 heteroatoms. The number of carbonyl (C=O) groups excluding carboxylic acids is 1. The van der Waals surface area contributed by atoms with E-state index in [2.05, 4.69) is 5.32 Å². The summed E-state index contributed by atoms with van der Waals surface area (Å²) in [5.41, 5.74) is 0.780. The molecule has 0 heterocycles. The topological polar surface area (TPSA) is 50.8 Å². The van der Waals surface area contributed by atoms with Gasteiger partial charge >= 0.3 is 6.03 Å². The van der Waals surface area contributed by atoms with Crippen molar-refractivity contribution in [2.75, 3.05) is 32.6 Å². The van der Waals surface area contributed by atoms with Gasteiger partial charge in [-0.2, -0.15) is 0 Å². The molecule has 1 saturated carbocycles. The first-order valence-electron chi connectivity index (χ1n) is 7.97. The third-order valence-electron chi connectivity index (χ3n) is 3.90. The molecule has 0 spiro atoms. The standard InChI is InChI=1S/C17H26N2O3/c1-19(12-5-13-21-2)17(20)18-14-8-10-16(11-9-14)22-15-6-3-4-7-15/h8-11,15H,3-7,12-13H2,1-2H3,(H,18,20). The van der Waals surface area contributed by atoms with Crippen LogP contribution in [0.25, 0.3) is 0 Å². The van der Waals surface area contributed by atoms with Crippen LogP contribution in [-0.4, -0.2) is 44.3 Å². The van der Waals surface area contributed by atoms with E-state index in [0.717, 1.165) is 30.7 Å². The van der Waals surface area contributed by atoms with Crippen molar-refractivity contribution >= 4 is 11.7 Å². The van der Waals surface area contributed by atoms with Crippen molar-refractivity contribution in [2.24, 2.45) is 0 Å². The maximum absolute atomic E-state index is 12.0. The number of benzene rings is 1. The Morgan fingerprint density at radius 1 is 1.27 bits per heavy atom. The molecule has 0 unspecified atom stereocenters. The molecule has 1 N–H and O–H groups in total. The number of ether oxygens (including phenoxy) is 2. The van der Waals surface area contributed by atoms with Crippen LogP contribution < -0.4 is 10.1 Å². The number of urea groups is 1. The number of methoxy groups -OCH3 is 1. The van der Waals surface area contributed by atoms with Gasteiger partial charge in [0.2, 0.25) is 0 Å². The molecular formula is C17H26N2O3. The zero-order valence-corrected chi connectivity index (χ0v) is 13.5. The number of nitrogens with one attached hydrogen (secondary N) is 1. The molecule has 122 valence electrons. The third-order valence-corrected chi connectivity index (χ3v) is 3.90. The highest BCUT2D eigenvalue weighted by molar-refractivity contribution is 5.89. The lowest BCUT2D eigenvalue weighted by Crippen LogP contribution is -2.32. The van der Waals surface area contributed by atoms with Gasteiger partial charge in [0, 0.05) is 33.0 Å². The molecular weight excluding hydrogens is 280 g/mol. The van der Waals surface area contributed by atoms with Crippen LogP contribution in [-0.2, 0) is 4.74 Å². The van der Waals surface area contributed by atoms with Gasteiger partial charge in [0.1, 0.15) is 5.75 Å². The summed E-state index contributed by atoms with van der Waals surface area (Å²) in [6, 6.07) is 7.48. The molecule has 0 saturated heterocycles. The minimum atomic E-state index is -0.111. The lowest BCUT2D eigenvalue weighted by atomic mass is 10.2. The first-order valence-corrected chi connectivity index (χ1v) is 7.97. The van der Waals surface area contributed by atoms with Crippen LogP contribution >= 0.6 is 0 Å². The van der Waals surface area contributed by atoms with Crippen LogP contribution in [0, 0.1) is 0 Å². The molecule has 1 aromatic rings. The Hall–Kier alpha value is -1.75. The van der Waals surface area contributed by atoms with Crippen molar-refractivity contribution in [3.05, 3.63) is 24.3 Å². The van der Waals surface area contributed by atoms with E-state index in [1.54, 1.807) is 19.1 Å². The van der Waals surface area contributed by atoms with Gasteiger partial charge in [-0.1, -0.05) is 0 Å². The summed E-state index contributed by atoms with van der Waals surface area (Å²) in [6.45, 7) is 1.33. The fourth-order valence-corrected chi connectivity index (χ4v) is 2.58. The van der Waals surface area contributed by atoms with E-state index in [4.69, 9.17) is 9.47 Å². The lowest BCUT2D eigenvalue weighted by molar-refractivity contribution is 0.179. The fraction of sp³-hybridized carbons (Fsp3) is 0.588. The number of hydrogen-bond acceptors (Lipinski definition) is 3. The van der Waals surface area contributed by atoms with Gasteiger partial charge in [-0.15, -0.1) is 0 Å². The van der Waals surface area contributed by atoms with Crippen molar-refractivity contribution in [1.82, 2.24) is 4.90 Å². The molecule has 1 aliphatic carbocycles. The van der Waals surface area contributed by atoms with E-state index in [1.807, 2.05) is 24.3 Å². The third kappa shape index (κ3) is 5.22. The fourth-order valence-electron chi connectivity index (χ4n) is 2.58. The Bertz CT molecular complexity index is 455. The second-order valence-corrected chi connectivity index (χ2v) is 5.75. The Balaban J connectivity index is 1.78. The number of carbonyl (C=O) groups is 1. The van der Waals surface area contributed by atoms with Crippen LogP contribution in [0.2, 0.25) is 0 Å². The molecule has 0 aromatic heterocycles. The normalized spacial score (nSPS) is 14.8. The van der Waals surface area contributed by atoms with Gasteiger partial charge in [0.25, 0.3) is 0 Å². The predicted octanol–water partition coefficient (Wildman–Crippen LogP) is 3.51. The molecule has 0 aliphatic heterocycles. The quantitative estimate of drug-likeness (QED) is 0.784. The van der Waals surface area contributed by atoms with Crippen LogP contribution in [0.15, 0.2) is 24.3 Å². The summed E-state index contributed by atoms with van der Waals surface area (Å²) in [5, 5.41) is 2.88. The van der Waals surface area contributed by atoms with Crippen molar-refractivity contribution in [2.45, 2.75) is 38.2 Å². The number of nitrogens with zero attached hydrogens (tertiary/aromatic N) is 1. The van der Waals surface area contributed by atoms with E-state index in [1.165, 1.54) is 12.8 Å². The number of hydrogen-bond donors (Lipinski definition) is 1. The Morgan fingerprint density at radius 2 is 1.95 bits per heavy atom. The first-order chi connectivity index (χ1) is 10.7. The summed E-state index contributed by atoms with van der Waals surface area (Å²) in [4.78, 5) is 13.7. The van der Waals surface area contributed by atoms with Crippen molar-refractivity contribution in [1.29, 1.82) is 0 Å². The summed E-state index contributed by atoms with van der Waals surface area (Å²) in [6.07, 6.45) is 5.99. The zero-order valence-electron chi connectivity index (χ0n) is 13.5. The van der Waals surface area contributed by atoms with E-state index in [9.17, 15) is 4.79 Å². The summed E-state index contributed by atoms with van der Waals surface area (Å²) >= 11 is 0. The van der Waals surface area contributed by atoms with Crippen LogP contribution in [0.4, 0.5) is 10.5 Å². The van der Waals surface area contributed by atoms with Crippen LogP contribution in [0.3, 0.4) is 0 Å². The lowest BCUT2D eigenvalue weighted by Gasteiger charge is -2.18. The molecule has 2 rings (SSSR count). The molecule has 1 aromatic carbocycles. The molecule has 5 nitrogen and oxygen atoms in total. The van der Waals surface area contributed by atoms with Crippen LogP contribution in [0.5, 0.6) is 5.75 Å². The smallest absolute Gasteiger partial charge is 0.321 e. The Labute approximate surface area is 132 Å². The summed E-state index contributed by atoms with van der Waals surface area (Å²) in [5.74, 6) is 0.873. The maximum atomic E-state index is 12.0. The zero-order chi connectivity index (χ0) is 15.8. The molecule has 22 heavy (non-hydrogen) atoms. The Kier molecular flexibility index (Phi) is 6.52. The number of amides is 2. The molecule has 0 bridgehead atoms. The number of rotatable bonds is 7. The van der Waals surface area contributed by atoms with Crippen molar-refractivity contribution in [3.63, 3.8) is 0 Å². The minimum Gasteiger partial charge on any atom is -0.490 e. The predicted molar refractivity (Wildman–Crippen MR) is 87.5 cm³/mol. The largest absolute Gasteiger partial charge is 0.490 e. The SMILES string of the molecule is COCCCN(C)C(=O)Nc1ccc(OC2CCCC2)cc1. The van der Waals surface area contributed by atoms with Crippen molar-refractivity contribution in [3.8, 4) is 5.75 Å². The van der Waals surface area contributed by atoms with Gasteiger partial charge in [-0.3, -0.25) is 0 Å². The molecule has 2 amide bonds. The van der Waals surface area contributed by atoms with E-state index < -0.39 is 0 Å². The molecule has 0 atom stereocenters. The van der Waals surface area contributed by atoms with Crippen LogP contribution in [0.1, 0.15) is 32.1 Å². The Morgan fingerprint density at radius 3 is 2.59 bits per heavy atom. The van der Waals surface area contributed by atoms with Crippen molar-refractivity contribution < 1.29 is 14.3 Å². The van der Waals surface area contributed by atoms with Gasteiger partial charge in [0.05, 0.1) is 6.10 Å². The first kappa shape index (κ1) is 16.6. The van der Waals surface area contributed by atoms with Gasteiger partial charge in [-0.05, 0) is 56.4 Å². The average molecular weight is 306 g/mol. The second-order valence-electron chi connectivity index (χ2n) is 5.75. The molecule has 0 radical (unpaired) electrons. The molecule has 1 fully saturated rings. The maximum Gasteiger partial charge on any atom is 0.321 e. The van der Waals surface area contributed by atoms with E-state index in [0.29, 0.717) is 19.3 Å². The highest BCUT2D eigenvalue weighted by Gasteiger charge is 2.16. The van der Waals surface area contributed by atoms with Gasteiger partial charge in [-0.25, -0.2) is 4.79 Å². The molecule has 1 aliphatic rings. The average Bonchev–Trinajstić information content (AvgIpc) is 3.02.